The minimum absolute atomic E-state index is 0. The molecular formula is C14H18Fe2O6Te2. The molecule has 0 bridgehead atoms. The molecule has 0 heterocycles. The van der Waals surface area contributed by atoms with Crippen molar-refractivity contribution in [3.8, 4) is 0 Å². The molecule has 0 aromatic carbocycles. The van der Waals surface area contributed by atoms with Crippen molar-refractivity contribution in [3.05, 3.63) is 39.9 Å². The molecule has 0 aromatic rings. The van der Waals surface area contributed by atoms with Crippen LogP contribution in [-0.4, -0.2) is 44.6 Å². The Balaban J connectivity index is -0.0000000121. The zero-order valence-electron chi connectivity index (χ0n) is 13.2. The Bertz CT molecular complexity index is 172. The fourth-order valence-corrected chi connectivity index (χ4v) is 1.94. The van der Waals surface area contributed by atoms with Gasteiger partial charge in [-0.1, -0.05) is 0 Å². The summed E-state index contributed by atoms with van der Waals surface area (Å²) in [5.74, 6) is 0. The predicted octanol–water partition coefficient (Wildman–Crippen LogP) is 2.52. The fourth-order valence-electron chi connectivity index (χ4n) is 0.289. The van der Waals surface area contributed by atoms with E-state index in [0.717, 1.165) is 0 Å². The SMILES string of the molecule is CCCC[Te].CCCC[Te].[C-]#[O+].[C-]#[O+].[C-]#[O+].[C-]#[O+].[C-]#[O+].[C-]#[O+].[Fe].[Fe]. The molecule has 0 aliphatic heterocycles. The van der Waals surface area contributed by atoms with Gasteiger partial charge < -0.3 is 0 Å². The molecule has 0 saturated heterocycles. The third-order valence-corrected chi connectivity index (χ3v) is 2.64. The molecule has 0 spiro atoms. The van der Waals surface area contributed by atoms with E-state index in [1.807, 2.05) is 0 Å². The van der Waals surface area contributed by atoms with Gasteiger partial charge in [0, 0.05) is 34.1 Å². The quantitative estimate of drug-likeness (QED) is 0.253. The van der Waals surface area contributed by atoms with Gasteiger partial charge in [-0.25, -0.2) is 0 Å². The molecule has 10 heteroatoms. The van der Waals surface area contributed by atoms with Crippen LogP contribution in [0.3, 0.4) is 0 Å². The second-order valence-electron chi connectivity index (χ2n) is 2.12. The minimum Gasteiger partial charge on any atom is 0 e. The van der Waals surface area contributed by atoms with Crippen molar-refractivity contribution in [2.75, 3.05) is 0 Å². The second-order valence-corrected chi connectivity index (χ2v) is 4.45. The van der Waals surface area contributed by atoms with Crippen molar-refractivity contribution in [2.45, 2.75) is 48.5 Å². The summed E-state index contributed by atoms with van der Waals surface area (Å²) in [6, 6.07) is 0. The normalized spacial score (nSPS) is 4.00. The monoisotopic (exact) mass is 654 g/mol. The molecule has 0 fully saturated rings. The van der Waals surface area contributed by atoms with Gasteiger partial charge in [-0.2, -0.15) is 0 Å². The van der Waals surface area contributed by atoms with Crippen molar-refractivity contribution in [3.63, 3.8) is 0 Å². The molecule has 0 rings (SSSR count). The molecule has 138 valence electrons. The van der Waals surface area contributed by atoms with Crippen LogP contribution in [0.1, 0.15) is 39.5 Å². The van der Waals surface area contributed by atoms with Gasteiger partial charge in [-0.3, -0.25) is 0 Å². The van der Waals surface area contributed by atoms with Crippen molar-refractivity contribution in [1.29, 1.82) is 0 Å². The Morgan fingerprint density at radius 2 is 0.625 bits per heavy atom. The van der Waals surface area contributed by atoms with Crippen LogP contribution in [0, 0.1) is 39.9 Å². The van der Waals surface area contributed by atoms with Crippen LogP contribution in [0.15, 0.2) is 0 Å². The average molecular weight is 649 g/mol. The summed E-state index contributed by atoms with van der Waals surface area (Å²) in [7, 11) is 0. The fraction of sp³-hybridized carbons (Fsp3) is 0.571. The van der Waals surface area contributed by atoms with E-state index in [-0.39, 0.29) is 34.1 Å². The Labute approximate surface area is 193 Å². The van der Waals surface area contributed by atoms with Crippen LogP contribution < -0.4 is 0 Å². The second kappa shape index (κ2) is 257. The van der Waals surface area contributed by atoms with Gasteiger partial charge in [0.2, 0.25) is 0 Å². The van der Waals surface area contributed by atoms with Crippen molar-refractivity contribution >= 4 is 44.6 Å². The van der Waals surface area contributed by atoms with Gasteiger partial charge >= 0.3 is 161 Å². The van der Waals surface area contributed by atoms with Crippen LogP contribution in [0.5, 0.6) is 0 Å². The van der Waals surface area contributed by atoms with E-state index < -0.39 is 0 Å². The van der Waals surface area contributed by atoms with Crippen molar-refractivity contribution < 1.29 is 62.1 Å². The molecule has 0 aromatic heterocycles. The Morgan fingerprint density at radius 3 is 0.625 bits per heavy atom. The molecule has 0 saturated carbocycles. The molecule has 0 aliphatic rings. The molecule has 0 unspecified atom stereocenters. The summed E-state index contributed by atoms with van der Waals surface area (Å²) < 4.78 is 47.7. The van der Waals surface area contributed by atoms with Gasteiger partial charge in [0.15, 0.2) is 0 Å². The molecular weight excluding hydrogens is 631 g/mol. The maximum absolute atomic E-state index is 7.50. The first-order valence-corrected chi connectivity index (χ1v) is 8.51. The van der Waals surface area contributed by atoms with E-state index in [4.69, 9.17) is 27.9 Å². The first-order valence-electron chi connectivity index (χ1n) is 5.22. The summed E-state index contributed by atoms with van der Waals surface area (Å²) >= 11 is 4.31. The van der Waals surface area contributed by atoms with Crippen LogP contribution in [0.25, 0.3) is 0 Å². The summed E-state index contributed by atoms with van der Waals surface area (Å²) in [6.07, 6.45) is 5.48. The Morgan fingerprint density at radius 1 is 0.500 bits per heavy atom. The molecule has 0 atom stereocenters. The van der Waals surface area contributed by atoms with E-state index in [2.05, 4.69) is 98.3 Å². The maximum Gasteiger partial charge on any atom is 0 e. The zero-order chi connectivity index (χ0) is 20.2. The van der Waals surface area contributed by atoms with Crippen LogP contribution in [0.2, 0.25) is 8.94 Å². The zero-order valence-corrected chi connectivity index (χ0v) is 20.1. The van der Waals surface area contributed by atoms with E-state index >= 15 is 0 Å². The maximum atomic E-state index is 7.50. The summed E-state index contributed by atoms with van der Waals surface area (Å²) in [4.78, 5) is 0. The standard InChI is InChI=1S/2C4H9Te.6CO.2Fe/c2*1-2-3-4-5;6*1-2;;/h2*2-4H2,1H3;;;;;;;;. The Hall–Kier alpha value is 1.06. The Kier molecular flexibility index (Phi) is 684. The van der Waals surface area contributed by atoms with E-state index in [0.29, 0.717) is 0 Å². The number of hydrogen-bond acceptors (Lipinski definition) is 0. The first kappa shape index (κ1) is 64.0. The average Bonchev–Trinajstić information content (AvgIpc) is 2.67. The van der Waals surface area contributed by atoms with Crippen LogP contribution in [0.4, 0.5) is 0 Å². The molecule has 24 heavy (non-hydrogen) atoms. The number of rotatable bonds is 4. The largest absolute Gasteiger partial charge is 0 e. The third-order valence-electron chi connectivity index (χ3n) is 0.996. The van der Waals surface area contributed by atoms with Crippen molar-refractivity contribution in [2.24, 2.45) is 0 Å². The molecule has 0 aliphatic carbocycles. The van der Waals surface area contributed by atoms with Gasteiger partial charge in [0.25, 0.3) is 0 Å². The molecule has 0 N–H and O–H groups in total. The summed E-state index contributed by atoms with van der Waals surface area (Å²) in [5.41, 5.74) is 0. The number of hydrogen-bond donors (Lipinski definition) is 0. The van der Waals surface area contributed by atoms with Gasteiger partial charge in [0.05, 0.1) is 0 Å². The van der Waals surface area contributed by atoms with Gasteiger partial charge in [-0.15, -0.1) is 0 Å². The van der Waals surface area contributed by atoms with E-state index in [1.54, 1.807) is 0 Å². The summed E-state index contributed by atoms with van der Waals surface area (Å²) in [6.45, 7) is 31.4. The van der Waals surface area contributed by atoms with Crippen molar-refractivity contribution in [1.82, 2.24) is 0 Å². The van der Waals surface area contributed by atoms with Gasteiger partial charge in [0.1, 0.15) is 0 Å². The molecule has 6 nitrogen and oxygen atoms in total. The smallest absolute Gasteiger partial charge is 0 e. The molecule has 0 amide bonds. The first-order chi connectivity index (χ1) is 10.8. The predicted molar refractivity (Wildman–Crippen MR) is 74.5 cm³/mol. The topological polar surface area (TPSA) is 119 Å². The minimum atomic E-state index is 0. The number of unbranched alkanes of at least 4 members (excludes halogenated alkanes) is 2. The molecule has 2 radical (unpaired) electrons. The van der Waals surface area contributed by atoms with Crippen LogP contribution >= 0.6 is 0 Å². The third kappa shape index (κ3) is 439. The summed E-state index contributed by atoms with van der Waals surface area (Å²) in [5, 5.41) is 0. The van der Waals surface area contributed by atoms with Crippen LogP contribution in [-0.2, 0) is 62.1 Å². The van der Waals surface area contributed by atoms with Gasteiger partial charge in [-0.05, 0) is 0 Å². The van der Waals surface area contributed by atoms with E-state index in [9.17, 15) is 0 Å². The van der Waals surface area contributed by atoms with E-state index in [1.165, 1.54) is 34.6 Å².